The predicted octanol–water partition coefficient (Wildman–Crippen LogP) is 4.39. The van der Waals surface area contributed by atoms with Crippen LogP contribution in [0.3, 0.4) is 0 Å². The summed E-state index contributed by atoms with van der Waals surface area (Å²) >= 11 is 0. The molecule has 0 saturated carbocycles. The van der Waals surface area contributed by atoms with Crippen molar-refractivity contribution in [2.45, 2.75) is 51.0 Å². The molecule has 1 fully saturated rings. The number of carbonyl (C=O) groups excluding carboxylic acids is 2. The van der Waals surface area contributed by atoms with E-state index in [1.165, 1.54) is 0 Å². The number of nitrogens with zero attached hydrogens (tertiary/aromatic N) is 1. The lowest BCUT2D eigenvalue weighted by molar-refractivity contribution is -0.122. The van der Waals surface area contributed by atoms with Gasteiger partial charge >= 0.3 is 0 Å². The van der Waals surface area contributed by atoms with E-state index >= 15 is 0 Å². The van der Waals surface area contributed by atoms with Gasteiger partial charge in [0.05, 0.1) is 0 Å². The second kappa shape index (κ2) is 9.13. The molecule has 0 aromatic heterocycles. The summed E-state index contributed by atoms with van der Waals surface area (Å²) in [5.41, 5.74) is 1.54. The summed E-state index contributed by atoms with van der Waals surface area (Å²) in [5.74, 6) is 1.63. The van der Waals surface area contributed by atoms with Gasteiger partial charge in [-0.05, 0) is 36.1 Å². The van der Waals surface area contributed by atoms with Crippen LogP contribution in [0.1, 0.15) is 61.4 Å². The van der Waals surface area contributed by atoms with Gasteiger partial charge in [0.25, 0.3) is 5.91 Å². The fourth-order valence-electron chi connectivity index (χ4n) is 4.73. The Kier molecular flexibility index (Phi) is 6.30. The standard InChI is InChI=1S/C26H32N2O3/c1-19(2)18-27-24(29)16-21-17-26(31-23-11-7-6-10-22(21)23)12-14-28(15-13-26)25(30)20-8-4-3-5-9-20/h3-11,19,21H,12-18H2,1-2H3,(H,27,29). The number of ether oxygens (including phenoxy) is 1. The van der Waals surface area contributed by atoms with Gasteiger partial charge in [-0.15, -0.1) is 0 Å². The molecule has 4 rings (SSSR count). The van der Waals surface area contributed by atoms with Gasteiger partial charge in [0, 0.05) is 50.4 Å². The third kappa shape index (κ3) is 4.92. The number of para-hydroxylation sites is 1. The van der Waals surface area contributed by atoms with Crippen molar-refractivity contribution in [1.82, 2.24) is 10.2 Å². The highest BCUT2D eigenvalue weighted by molar-refractivity contribution is 5.94. The number of amides is 2. The molecule has 0 radical (unpaired) electrons. The van der Waals surface area contributed by atoms with Crippen LogP contribution in [0.2, 0.25) is 0 Å². The average molecular weight is 421 g/mol. The molecule has 2 aromatic rings. The minimum absolute atomic E-state index is 0.0799. The lowest BCUT2D eigenvalue weighted by Gasteiger charge is -2.47. The molecule has 0 aliphatic carbocycles. The van der Waals surface area contributed by atoms with Gasteiger partial charge in [-0.3, -0.25) is 9.59 Å². The van der Waals surface area contributed by atoms with Crippen LogP contribution in [0, 0.1) is 5.92 Å². The summed E-state index contributed by atoms with van der Waals surface area (Å²) in [6, 6.07) is 17.5. The van der Waals surface area contributed by atoms with Crippen molar-refractivity contribution >= 4 is 11.8 Å². The molecule has 31 heavy (non-hydrogen) atoms. The first-order valence-corrected chi connectivity index (χ1v) is 11.3. The number of carbonyl (C=O) groups is 2. The number of rotatable bonds is 5. The summed E-state index contributed by atoms with van der Waals surface area (Å²) in [6.45, 7) is 6.24. The van der Waals surface area contributed by atoms with Gasteiger partial charge in [-0.25, -0.2) is 0 Å². The molecule has 5 heteroatoms. The van der Waals surface area contributed by atoms with Crippen LogP contribution < -0.4 is 10.1 Å². The van der Waals surface area contributed by atoms with E-state index in [0.717, 1.165) is 36.1 Å². The van der Waals surface area contributed by atoms with E-state index < -0.39 is 0 Å². The van der Waals surface area contributed by atoms with Gasteiger partial charge in [-0.2, -0.15) is 0 Å². The van der Waals surface area contributed by atoms with E-state index in [1.807, 2.05) is 53.4 Å². The highest BCUT2D eigenvalue weighted by Gasteiger charge is 2.44. The molecule has 1 atom stereocenters. The third-order valence-electron chi connectivity index (χ3n) is 6.43. The summed E-state index contributed by atoms with van der Waals surface area (Å²) in [7, 11) is 0. The molecule has 2 aliphatic rings. The Morgan fingerprint density at radius 2 is 1.74 bits per heavy atom. The highest BCUT2D eigenvalue weighted by Crippen LogP contribution is 2.46. The number of hydrogen-bond donors (Lipinski definition) is 1. The zero-order valence-corrected chi connectivity index (χ0v) is 18.5. The molecule has 1 saturated heterocycles. The van der Waals surface area contributed by atoms with Gasteiger partial charge < -0.3 is 15.0 Å². The number of benzene rings is 2. The Morgan fingerprint density at radius 3 is 2.45 bits per heavy atom. The quantitative estimate of drug-likeness (QED) is 0.780. The fraction of sp³-hybridized carbons (Fsp3) is 0.462. The summed E-state index contributed by atoms with van der Waals surface area (Å²) in [4.78, 5) is 27.4. The monoisotopic (exact) mass is 420 g/mol. The molecule has 2 aromatic carbocycles. The van der Waals surface area contributed by atoms with Crippen LogP contribution in [0.4, 0.5) is 0 Å². The van der Waals surface area contributed by atoms with Crippen molar-refractivity contribution in [2.24, 2.45) is 5.92 Å². The second-order valence-electron chi connectivity index (χ2n) is 9.28. The Morgan fingerprint density at radius 1 is 1.06 bits per heavy atom. The van der Waals surface area contributed by atoms with Crippen LogP contribution >= 0.6 is 0 Å². The Bertz CT molecular complexity index is 917. The van der Waals surface area contributed by atoms with Crippen LogP contribution in [-0.2, 0) is 4.79 Å². The van der Waals surface area contributed by atoms with Crippen molar-refractivity contribution in [1.29, 1.82) is 0 Å². The first-order chi connectivity index (χ1) is 15.0. The topological polar surface area (TPSA) is 58.6 Å². The van der Waals surface area contributed by atoms with Crippen LogP contribution in [-0.4, -0.2) is 41.9 Å². The number of piperidine rings is 1. The molecule has 5 nitrogen and oxygen atoms in total. The molecule has 1 unspecified atom stereocenters. The van der Waals surface area contributed by atoms with Crippen molar-refractivity contribution in [3.05, 3.63) is 65.7 Å². The number of fused-ring (bicyclic) bond motifs is 1. The van der Waals surface area contributed by atoms with Crippen molar-refractivity contribution in [2.75, 3.05) is 19.6 Å². The van der Waals surface area contributed by atoms with Gasteiger partial charge in [0.1, 0.15) is 11.4 Å². The van der Waals surface area contributed by atoms with Crippen LogP contribution in [0.15, 0.2) is 54.6 Å². The maximum absolute atomic E-state index is 12.8. The third-order valence-corrected chi connectivity index (χ3v) is 6.43. The zero-order chi connectivity index (χ0) is 21.8. The minimum atomic E-state index is -0.315. The molecule has 164 valence electrons. The lowest BCUT2D eigenvalue weighted by atomic mass is 9.76. The molecule has 2 amide bonds. The Hall–Kier alpha value is -2.82. The summed E-state index contributed by atoms with van der Waals surface area (Å²) in [5, 5.41) is 3.06. The lowest BCUT2D eigenvalue weighted by Crippen LogP contribution is -2.52. The molecule has 2 heterocycles. The zero-order valence-electron chi connectivity index (χ0n) is 18.5. The molecule has 2 aliphatic heterocycles. The first kappa shape index (κ1) is 21.4. The van der Waals surface area contributed by atoms with E-state index in [4.69, 9.17) is 4.74 Å². The van der Waals surface area contributed by atoms with E-state index in [0.29, 0.717) is 32.0 Å². The SMILES string of the molecule is CC(C)CNC(=O)CC1CC2(CCN(C(=O)c3ccccc3)CC2)Oc2ccccc21. The van der Waals surface area contributed by atoms with Crippen LogP contribution in [0.5, 0.6) is 5.75 Å². The van der Waals surface area contributed by atoms with E-state index in [-0.39, 0.29) is 23.3 Å². The second-order valence-corrected chi connectivity index (χ2v) is 9.28. The Balaban J connectivity index is 1.46. The molecular weight excluding hydrogens is 388 g/mol. The Labute approximate surface area is 184 Å². The maximum Gasteiger partial charge on any atom is 0.253 e. The van der Waals surface area contributed by atoms with Crippen molar-refractivity contribution in [3.8, 4) is 5.75 Å². The van der Waals surface area contributed by atoms with E-state index in [9.17, 15) is 9.59 Å². The number of likely N-dealkylation sites (tertiary alicyclic amines) is 1. The predicted molar refractivity (Wildman–Crippen MR) is 121 cm³/mol. The average Bonchev–Trinajstić information content (AvgIpc) is 2.78. The van der Waals surface area contributed by atoms with Gasteiger partial charge in [0.2, 0.25) is 5.91 Å². The largest absolute Gasteiger partial charge is 0.487 e. The molecule has 0 bridgehead atoms. The van der Waals surface area contributed by atoms with Crippen LogP contribution in [0.25, 0.3) is 0 Å². The number of nitrogens with one attached hydrogen (secondary N) is 1. The van der Waals surface area contributed by atoms with Crippen molar-refractivity contribution < 1.29 is 14.3 Å². The normalized spacial score (nSPS) is 19.6. The molecule has 1 spiro atoms. The van der Waals surface area contributed by atoms with Gasteiger partial charge in [0.15, 0.2) is 0 Å². The smallest absolute Gasteiger partial charge is 0.253 e. The number of hydrogen-bond acceptors (Lipinski definition) is 3. The van der Waals surface area contributed by atoms with Crippen molar-refractivity contribution in [3.63, 3.8) is 0 Å². The summed E-state index contributed by atoms with van der Waals surface area (Å²) in [6.07, 6.45) is 2.85. The van der Waals surface area contributed by atoms with E-state index in [1.54, 1.807) is 0 Å². The first-order valence-electron chi connectivity index (χ1n) is 11.3. The fourth-order valence-corrected chi connectivity index (χ4v) is 4.73. The van der Waals surface area contributed by atoms with Gasteiger partial charge in [-0.1, -0.05) is 50.2 Å². The summed E-state index contributed by atoms with van der Waals surface area (Å²) < 4.78 is 6.53. The maximum atomic E-state index is 12.8. The highest BCUT2D eigenvalue weighted by atomic mass is 16.5. The molecule has 1 N–H and O–H groups in total. The molecular formula is C26H32N2O3. The minimum Gasteiger partial charge on any atom is -0.487 e. The van der Waals surface area contributed by atoms with E-state index in [2.05, 4.69) is 25.2 Å².